The largest absolute Gasteiger partial charge is 0.465 e. The smallest absolute Gasteiger partial charge is 0.337 e. The molecule has 0 amide bonds. The zero-order valence-electron chi connectivity index (χ0n) is 19.2. The van der Waals surface area contributed by atoms with E-state index < -0.39 is 0 Å². The first kappa shape index (κ1) is 23.1. The molecule has 172 valence electrons. The van der Waals surface area contributed by atoms with Gasteiger partial charge in [0, 0.05) is 24.8 Å². The summed E-state index contributed by atoms with van der Waals surface area (Å²) in [4.78, 5) is 31.0. The predicted octanol–water partition coefficient (Wildman–Crippen LogP) is 4.75. The van der Waals surface area contributed by atoms with Crippen LogP contribution in [0.5, 0.6) is 0 Å². The Hall–Kier alpha value is -3.12. The van der Waals surface area contributed by atoms with Crippen LogP contribution in [0.4, 0.5) is 5.69 Å². The number of methoxy groups -OCH3 is 1. The number of nitrogens with zero attached hydrogens (tertiary/aromatic N) is 3. The summed E-state index contributed by atoms with van der Waals surface area (Å²) in [5.74, 6) is 0.886. The normalized spacial score (nSPS) is 14.4. The van der Waals surface area contributed by atoms with Gasteiger partial charge in [-0.1, -0.05) is 23.7 Å². The number of hydrogen-bond acceptors (Lipinski definition) is 5. The Kier molecular flexibility index (Phi) is 6.84. The second-order valence-corrected chi connectivity index (χ2v) is 8.99. The molecule has 0 aliphatic carbocycles. The molecule has 2 heterocycles. The second-order valence-electron chi connectivity index (χ2n) is 8.58. The van der Waals surface area contributed by atoms with Gasteiger partial charge in [-0.15, -0.1) is 0 Å². The lowest BCUT2D eigenvalue weighted by molar-refractivity contribution is 0.0600. The summed E-state index contributed by atoms with van der Waals surface area (Å²) in [7, 11) is 1.40. The lowest BCUT2D eigenvalue weighted by Gasteiger charge is -2.34. The maximum absolute atomic E-state index is 12.5. The number of benzene rings is 2. The number of anilines is 1. The molecular formula is C26H28ClN3O3. The number of hydrogen-bond donors (Lipinski definition) is 0. The topological polar surface area (TPSA) is 64.4 Å². The van der Waals surface area contributed by atoms with Crippen molar-refractivity contribution in [3.8, 4) is 5.69 Å². The van der Waals surface area contributed by atoms with Gasteiger partial charge in [-0.05, 0) is 74.9 Å². The Morgan fingerprint density at radius 3 is 2.55 bits per heavy atom. The molecule has 0 bridgehead atoms. The Morgan fingerprint density at radius 2 is 1.88 bits per heavy atom. The van der Waals surface area contributed by atoms with E-state index in [0.29, 0.717) is 28.0 Å². The van der Waals surface area contributed by atoms with Crippen LogP contribution in [0.3, 0.4) is 0 Å². The number of aromatic nitrogens is 2. The van der Waals surface area contributed by atoms with E-state index in [2.05, 4.69) is 16.0 Å². The standard InChI is InChI=1S/C26H28ClN3O3/c1-17-13-25(31)30(18(2)28-17)22-7-8-24(23(27)16-22)29-11-9-19(10-12-29)14-20-5-4-6-21(15-20)26(32)33-3/h4-8,13,15-16,19H,9-12,14H2,1-3H3. The maximum atomic E-state index is 12.5. The zero-order chi connectivity index (χ0) is 23.5. The first-order chi connectivity index (χ1) is 15.9. The first-order valence-corrected chi connectivity index (χ1v) is 11.5. The Morgan fingerprint density at radius 1 is 1.12 bits per heavy atom. The van der Waals surface area contributed by atoms with Crippen LogP contribution in [0, 0.1) is 19.8 Å². The summed E-state index contributed by atoms with van der Waals surface area (Å²) < 4.78 is 6.41. The lowest BCUT2D eigenvalue weighted by atomic mass is 9.89. The SMILES string of the molecule is COC(=O)c1cccc(CC2CCN(c3ccc(-n4c(C)nc(C)cc4=O)cc3Cl)CC2)c1. The summed E-state index contributed by atoms with van der Waals surface area (Å²) in [5.41, 5.74) is 4.05. The molecule has 1 saturated heterocycles. The molecular weight excluding hydrogens is 438 g/mol. The van der Waals surface area contributed by atoms with Crippen LogP contribution in [-0.2, 0) is 11.2 Å². The average Bonchev–Trinajstić information content (AvgIpc) is 2.79. The van der Waals surface area contributed by atoms with E-state index in [-0.39, 0.29) is 11.5 Å². The highest BCUT2D eigenvalue weighted by Gasteiger charge is 2.22. The summed E-state index contributed by atoms with van der Waals surface area (Å²) in [5, 5.41) is 0.628. The molecule has 0 saturated carbocycles. The molecule has 0 unspecified atom stereocenters. The number of halogens is 1. The van der Waals surface area contributed by atoms with Gasteiger partial charge in [0.25, 0.3) is 5.56 Å². The van der Waals surface area contributed by atoms with Crippen LogP contribution in [0.25, 0.3) is 5.69 Å². The van der Waals surface area contributed by atoms with Crippen LogP contribution in [-0.4, -0.2) is 35.7 Å². The second kappa shape index (κ2) is 9.79. The highest BCUT2D eigenvalue weighted by atomic mass is 35.5. The minimum atomic E-state index is -0.302. The van der Waals surface area contributed by atoms with E-state index >= 15 is 0 Å². The summed E-state index contributed by atoms with van der Waals surface area (Å²) in [6, 6.07) is 15.0. The molecule has 7 heteroatoms. The molecule has 0 spiro atoms. The lowest BCUT2D eigenvalue weighted by Crippen LogP contribution is -2.34. The van der Waals surface area contributed by atoms with Gasteiger partial charge in [0.2, 0.25) is 0 Å². The van der Waals surface area contributed by atoms with Crippen molar-refractivity contribution in [3.05, 3.63) is 86.6 Å². The van der Waals surface area contributed by atoms with E-state index in [9.17, 15) is 9.59 Å². The molecule has 33 heavy (non-hydrogen) atoms. The van der Waals surface area contributed by atoms with Crippen molar-refractivity contribution >= 4 is 23.3 Å². The van der Waals surface area contributed by atoms with Crippen molar-refractivity contribution in [1.82, 2.24) is 9.55 Å². The number of rotatable bonds is 5. The van der Waals surface area contributed by atoms with Crippen molar-refractivity contribution < 1.29 is 9.53 Å². The van der Waals surface area contributed by atoms with E-state index in [1.807, 2.05) is 44.2 Å². The number of piperidine rings is 1. The molecule has 0 N–H and O–H groups in total. The van der Waals surface area contributed by atoms with Crippen LogP contribution in [0.2, 0.25) is 5.02 Å². The predicted molar refractivity (Wildman–Crippen MR) is 131 cm³/mol. The van der Waals surface area contributed by atoms with E-state index in [1.54, 1.807) is 10.6 Å². The third-order valence-corrected chi connectivity index (χ3v) is 6.53. The van der Waals surface area contributed by atoms with Crippen LogP contribution < -0.4 is 10.5 Å². The quantitative estimate of drug-likeness (QED) is 0.509. The average molecular weight is 466 g/mol. The fraction of sp³-hybridized carbons (Fsp3) is 0.346. The Balaban J connectivity index is 1.43. The fourth-order valence-corrected chi connectivity index (χ4v) is 4.89. The highest BCUT2D eigenvalue weighted by Crippen LogP contribution is 2.32. The van der Waals surface area contributed by atoms with Gasteiger partial charge in [-0.2, -0.15) is 0 Å². The third-order valence-electron chi connectivity index (χ3n) is 6.23. The fourth-order valence-electron chi connectivity index (χ4n) is 4.60. The van der Waals surface area contributed by atoms with Gasteiger partial charge in [0.1, 0.15) is 5.82 Å². The first-order valence-electron chi connectivity index (χ1n) is 11.1. The van der Waals surface area contributed by atoms with Crippen LogP contribution in [0.15, 0.2) is 53.3 Å². The number of esters is 1. The summed E-state index contributed by atoms with van der Waals surface area (Å²) >= 11 is 6.65. The Labute approximate surface area is 198 Å². The highest BCUT2D eigenvalue weighted by molar-refractivity contribution is 6.33. The molecule has 2 aromatic carbocycles. The Bertz CT molecular complexity index is 1230. The van der Waals surface area contributed by atoms with E-state index in [0.717, 1.165) is 49.3 Å². The van der Waals surface area contributed by atoms with Crippen molar-refractivity contribution in [2.24, 2.45) is 5.92 Å². The van der Waals surface area contributed by atoms with E-state index in [1.165, 1.54) is 13.2 Å². The van der Waals surface area contributed by atoms with Gasteiger partial charge in [0.15, 0.2) is 0 Å². The molecule has 1 fully saturated rings. The van der Waals surface area contributed by atoms with Crippen molar-refractivity contribution in [2.45, 2.75) is 33.1 Å². The molecule has 3 aromatic rings. The molecule has 0 atom stereocenters. The van der Waals surface area contributed by atoms with Crippen molar-refractivity contribution in [1.29, 1.82) is 0 Å². The minimum absolute atomic E-state index is 0.110. The summed E-state index contributed by atoms with van der Waals surface area (Å²) in [6.45, 7) is 5.45. The number of carbonyl (C=O) groups excluding carboxylic acids is 1. The molecule has 6 nitrogen and oxygen atoms in total. The molecule has 1 aliphatic rings. The van der Waals surface area contributed by atoms with Crippen LogP contribution in [0.1, 0.15) is 40.3 Å². The number of carbonyl (C=O) groups is 1. The van der Waals surface area contributed by atoms with Crippen molar-refractivity contribution in [2.75, 3.05) is 25.1 Å². The van der Waals surface area contributed by atoms with Gasteiger partial charge in [-0.25, -0.2) is 9.78 Å². The monoisotopic (exact) mass is 465 g/mol. The van der Waals surface area contributed by atoms with Gasteiger partial charge >= 0.3 is 5.97 Å². The zero-order valence-corrected chi connectivity index (χ0v) is 19.9. The maximum Gasteiger partial charge on any atom is 0.337 e. The van der Waals surface area contributed by atoms with Gasteiger partial charge in [-0.3, -0.25) is 9.36 Å². The van der Waals surface area contributed by atoms with Crippen LogP contribution >= 0.6 is 11.6 Å². The van der Waals surface area contributed by atoms with Gasteiger partial charge < -0.3 is 9.64 Å². The molecule has 4 rings (SSSR count). The molecule has 0 radical (unpaired) electrons. The molecule has 1 aromatic heterocycles. The minimum Gasteiger partial charge on any atom is -0.465 e. The third kappa shape index (κ3) is 5.11. The number of aryl methyl sites for hydroxylation is 2. The number of ether oxygens (including phenoxy) is 1. The van der Waals surface area contributed by atoms with Crippen molar-refractivity contribution in [3.63, 3.8) is 0 Å². The summed E-state index contributed by atoms with van der Waals surface area (Å²) in [6.07, 6.45) is 3.02. The molecule has 1 aliphatic heterocycles. The van der Waals surface area contributed by atoms with E-state index in [4.69, 9.17) is 16.3 Å². The van der Waals surface area contributed by atoms with Gasteiger partial charge in [0.05, 0.1) is 29.1 Å².